The third-order valence-corrected chi connectivity index (χ3v) is 3.31. The fourth-order valence-electron chi connectivity index (χ4n) is 2.33. The Hall–Kier alpha value is -1.55. The third kappa shape index (κ3) is 2.77. The molecular weight excluding hydrogens is 216 g/mol. The van der Waals surface area contributed by atoms with Gasteiger partial charge in [0.15, 0.2) is 0 Å². The van der Waals surface area contributed by atoms with Gasteiger partial charge in [0, 0.05) is 17.8 Å². The number of aryl methyl sites for hydroxylation is 1. The van der Waals surface area contributed by atoms with E-state index in [4.69, 9.17) is 10.8 Å². The maximum Gasteiger partial charge on any atom is 0.335 e. The van der Waals surface area contributed by atoms with Crippen LogP contribution in [0.4, 0.5) is 5.69 Å². The molecule has 2 unspecified atom stereocenters. The van der Waals surface area contributed by atoms with Crippen molar-refractivity contribution >= 4 is 11.7 Å². The molecule has 4 nitrogen and oxygen atoms in total. The van der Waals surface area contributed by atoms with E-state index in [1.807, 2.05) is 13.0 Å². The van der Waals surface area contributed by atoms with Crippen molar-refractivity contribution in [1.82, 2.24) is 0 Å². The summed E-state index contributed by atoms with van der Waals surface area (Å²) in [7, 11) is 0. The van der Waals surface area contributed by atoms with Gasteiger partial charge < -0.3 is 16.2 Å². The number of hydrogen-bond acceptors (Lipinski definition) is 3. The zero-order valence-corrected chi connectivity index (χ0v) is 9.94. The number of aromatic carboxylic acids is 1. The predicted octanol–water partition coefficient (Wildman–Crippen LogP) is 1.98. The molecule has 92 valence electrons. The monoisotopic (exact) mass is 234 g/mol. The highest BCUT2D eigenvalue weighted by Gasteiger charge is 2.21. The maximum atomic E-state index is 10.8. The molecule has 0 radical (unpaired) electrons. The van der Waals surface area contributed by atoms with Crippen molar-refractivity contribution < 1.29 is 9.90 Å². The molecule has 1 aliphatic carbocycles. The normalized spacial score (nSPS) is 23.6. The zero-order valence-electron chi connectivity index (χ0n) is 9.94. The number of anilines is 1. The SMILES string of the molecule is Cc1cc(C(=O)O)ccc1NC1CCC(N)C1. The Bertz CT molecular complexity index is 431. The van der Waals surface area contributed by atoms with Crippen LogP contribution in [-0.4, -0.2) is 23.2 Å². The number of benzene rings is 1. The van der Waals surface area contributed by atoms with Gasteiger partial charge in [-0.05, 0) is 49.9 Å². The van der Waals surface area contributed by atoms with E-state index in [1.54, 1.807) is 12.1 Å². The minimum atomic E-state index is -0.887. The summed E-state index contributed by atoms with van der Waals surface area (Å²) in [6.45, 7) is 1.92. The van der Waals surface area contributed by atoms with Gasteiger partial charge in [0.1, 0.15) is 0 Å². The molecule has 17 heavy (non-hydrogen) atoms. The van der Waals surface area contributed by atoms with E-state index in [-0.39, 0.29) is 0 Å². The fourth-order valence-corrected chi connectivity index (χ4v) is 2.33. The first kappa shape index (κ1) is 11.9. The summed E-state index contributed by atoms with van der Waals surface area (Å²) in [5.74, 6) is -0.887. The summed E-state index contributed by atoms with van der Waals surface area (Å²) in [4.78, 5) is 10.8. The first-order valence-electron chi connectivity index (χ1n) is 5.92. The maximum absolute atomic E-state index is 10.8. The van der Waals surface area contributed by atoms with Gasteiger partial charge in [0.2, 0.25) is 0 Å². The third-order valence-electron chi connectivity index (χ3n) is 3.31. The second-order valence-corrected chi connectivity index (χ2v) is 4.75. The van der Waals surface area contributed by atoms with E-state index in [2.05, 4.69) is 5.32 Å². The molecule has 1 saturated carbocycles. The Morgan fingerprint density at radius 2 is 2.24 bits per heavy atom. The number of carbonyl (C=O) groups is 1. The van der Waals surface area contributed by atoms with Crippen molar-refractivity contribution in [2.75, 3.05) is 5.32 Å². The Labute approximate surface area is 101 Å². The number of carboxylic acid groups (broad SMARTS) is 1. The summed E-state index contributed by atoms with van der Waals surface area (Å²) >= 11 is 0. The van der Waals surface area contributed by atoms with Crippen molar-refractivity contribution in [2.24, 2.45) is 5.73 Å². The lowest BCUT2D eigenvalue weighted by Gasteiger charge is -2.16. The highest BCUT2D eigenvalue weighted by atomic mass is 16.4. The van der Waals surface area contributed by atoms with Crippen molar-refractivity contribution in [3.8, 4) is 0 Å². The van der Waals surface area contributed by atoms with Crippen molar-refractivity contribution in [3.05, 3.63) is 29.3 Å². The largest absolute Gasteiger partial charge is 0.478 e. The molecule has 1 aromatic carbocycles. The van der Waals surface area contributed by atoms with Crippen LogP contribution in [0.3, 0.4) is 0 Å². The van der Waals surface area contributed by atoms with Gasteiger partial charge >= 0.3 is 5.97 Å². The molecule has 4 N–H and O–H groups in total. The van der Waals surface area contributed by atoms with Crippen LogP contribution in [0.2, 0.25) is 0 Å². The van der Waals surface area contributed by atoms with Crippen molar-refractivity contribution in [1.29, 1.82) is 0 Å². The van der Waals surface area contributed by atoms with Crippen LogP contribution in [0.1, 0.15) is 35.2 Å². The van der Waals surface area contributed by atoms with Crippen molar-refractivity contribution in [2.45, 2.75) is 38.3 Å². The molecule has 0 spiro atoms. The van der Waals surface area contributed by atoms with E-state index < -0.39 is 5.97 Å². The first-order chi connectivity index (χ1) is 8.06. The summed E-state index contributed by atoms with van der Waals surface area (Å²) in [5.41, 5.74) is 8.16. The molecule has 0 aliphatic heterocycles. The molecule has 0 bridgehead atoms. The highest BCUT2D eigenvalue weighted by molar-refractivity contribution is 5.88. The van der Waals surface area contributed by atoms with Gasteiger partial charge in [-0.15, -0.1) is 0 Å². The van der Waals surface area contributed by atoms with Crippen LogP contribution in [0.5, 0.6) is 0 Å². The Kier molecular flexibility index (Phi) is 3.33. The molecule has 2 atom stereocenters. The second kappa shape index (κ2) is 4.75. The summed E-state index contributed by atoms with van der Waals surface area (Å²) in [5, 5.41) is 12.3. The standard InChI is InChI=1S/C13H18N2O2/c1-8-6-9(13(16)17)2-5-12(8)15-11-4-3-10(14)7-11/h2,5-6,10-11,15H,3-4,7,14H2,1H3,(H,16,17). The predicted molar refractivity (Wildman–Crippen MR) is 67.4 cm³/mol. The summed E-state index contributed by atoms with van der Waals surface area (Å²) < 4.78 is 0. The van der Waals surface area contributed by atoms with Crippen LogP contribution < -0.4 is 11.1 Å². The van der Waals surface area contributed by atoms with E-state index in [9.17, 15) is 4.79 Å². The van der Waals surface area contributed by atoms with Gasteiger partial charge in [-0.1, -0.05) is 0 Å². The van der Waals surface area contributed by atoms with Crippen LogP contribution in [0.25, 0.3) is 0 Å². The number of carboxylic acids is 1. The average Bonchev–Trinajstić information content (AvgIpc) is 2.67. The van der Waals surface area contributed by atoms with Crippen LogP contribution in [-0.2, 0) is 0 Å². The smallest absolute Gasteiger partial charge is 0.335 e. The molecule has 1 aromatic rings. The number of rotatable bonds is 3. The van der Waals surface area contributed by atoms with E-state index >= 15 is 0 Å². The second-order valence-electron chi connectivity index (χ2n) is 4.75. The molecule has 0 heterocycles. The highest BCUT2D eigenvalue weighted by Crippen LogP contribution is 2.24. The molecule has 2 rings (SSSR count). The summed E-state index contributed by atoms with van der Waals surface area (Å²) in [6, 6.07) is 5.87. The van der Waals surface area contributed by atoms with E-state index in [0.717, 1.165) is 30.5 Å². The minimum Gasteiger partial charge on any atom is -0.478 e. The molecular formula is C13H18N2O2. The molecule has 0 aromatic heterocycles. The van der Waals surface area contributed by atoms with Gasteiger partial charge in [-0.2, -0.15) is 0 Å². The quantitative estimate of drug-likeness (QED) is 0.747. The van der Waals surface area contributed by atoms with Crippen LogP contribution in [0, 0.1) is 6.92 Å². The molecule has 1 aliphatic rings. The van der Waals surface area contributed by atoms with Crippen LogP contribution >= 0.6 is 0 Å². The first-order valence-corrected chi connectivity index (χ1v) is 5.92. The van der Waals surface area contributed by atoms with E-state index in [1.165, 1.54) is 0 Å². The van der Waals surface area contributed by atoms with Crippen LogP contribution in [0.15, 0.2) is 18.2 Å². The van der Waals surface area contributed by atoms with Gasteiger partial charge in [0.25, 0.3) is 0 Å². The lowest BCUT2D eigenvalue weighted by molar-refractivity contribution is 0.0697. The summed E-state index contributed by atoms with van der Waals surface area (Å²) in [6.07, 6.45) is 3.13. The molecule has 0 saturated heterocycles. The fraction of sp³-hybridized carbons (Fsp3) is 0.462. The number of hydrogen-bond donors (Lipinski definition) is 3. The van der Waals surface area contributed by atoms with Gasteiger partial charge in [-0.25, -0.2) is 4.79 Å². The van der Waals surface area contributed by atoms with Crippen molar-refractivity contribution in [3.63, 3.8) is 0 Å². The van der Waals surface area contributed by atoms with Gasteiger partial charge in [0.05, 0.1) is 5.56 Å². The average molecular weight is 234 g/mol. The lowest BCUT2D eigenvalue weighted by atomic mass is 10.1. The van der Waals surface area contributed by atoms with E-state index in [0.29, 0.717) is 17.6 Å². The minimum absolute atomic E-state index is 0.297. The Morgan fingerprint density at radius 3 is 2.76 bits per heavy atom. The Morgan fingerprint density at radius 1 is 1.47 bits per heavy atom. The molecule has 1 fully saturated rings. The molecule has 0 amide bonds. The zero-order chi connectivity index (χ0) is 12.4. The number of nitrogens with one attached hydrogen (secondary N) is 1. The van der Waals surface area contributed by atoms with Gasteiger partial charge in [-0.3, -0.25) is 0 Å². The lowest BCUT2D eigenvalue weighted by Crippen LogP contribution is -2.21. The molecule has 4 heteroatoms. The number of nitrogens with two attached hydrogens (primary N) is 1. The Balaban J connectivity index is 2.09. The topological polar surface area (TPSA) is 75.3 Å².